The highest BCUT2D eigenvalue weighted by atomic mass is 16.6. The quantitative estimate of drug-likeness (QED) is 0.442. The molecule has 1 aromatic carbocycles. The summed E-state index contributed by atoms with van der Waals surface area (Å²) in [6.07, 6.45) is 1.39. The molecular weight excluding hydrogens is 518 g/mol. The van der Waals surface area contributed by atoms with Gasteiger partial charge in [-0.05, 0) is 37.5 Å². The molecule has 0 unspecified atom stereocenters. The van der Waals surface area contributed by atoms with Crippen LogP contribution < -0.4 is 10.1 Å². The highest BCUT2D eigenvalue weighted by Gasteiger charge is 2.27. The van der Waals surface area contributed by atoms with Crippen LogP contribution in [0.15, 0.2) is 24.3 Å². The number of ether oxygens (including phenoxy) is 2. The number of piperazine rings is 1. The van der Waals surface area contributed by atoms with Gasteiger partial charge in [-0.2, -0.15) is 0 Å². The Labute approximate surface area is 233 Å². The molecule has 12 nitrogen and oxygen atoms in total. The zero-order chi connectivity index (χ0) is 28.6. The largest absolute Gasteiger partial charge is 0.483 e. The van der Waals surface area contributed by atoms with Crippen LogP contribution >= 0.6 is 0 Å². The van der Waals surface area contributed by atoms with Crippen molar-refractivity contribution in [3.63, 3.8) is 0 Å². The Morgan fingerprint density at radius 2 is 1.77 bits per heavy atom. The van der Waals surface area contributed by atoms with E-state index in [0.29, 0.717) is 62.4 Å². The number of amides is 4. The predicted molar refractivity (Wildman–Crippen MR) is 146 cm³/mol. The van der Waals surface area contributed by atoms with E-state index in [2.05, 4.69) is 10.3 Å². The molecule has 0 saturated carbocycles. The molecule has 0 bridgehead atoms. The van der Waals surface area contributed by atoms with E-state index in [1.54, 1.807) is 14.7 Å². The molecule has 2 aliphatic heterocycles. The summed E-state index contributed by atoms with van der Waals surface area (Å²) in [5.74, 6) is -0.733. The van der Waals surface area contributed by atoms with Gasteiger partial charge in [-0.15, -0.1) is 0 Å². The molecule has 0 spiro atoms. The summed E-state index contributed by atoms with van der Waals surface area (Å²) in [7, 11) is 0. The molecule has 1 aromatic heterocycles. The third kappa shape index (κ3) is 7.38. The number of aliphatic hydroxyl groups is 1. The molecule has 4 amide bonds. The van der Waals surface area contributed by atoms with Gasteiger partial charge < -0.3 is 34.6 Å². The second-order valence-electron chi connectivity index (χ2n) is 10.1. The molecule has 2 aromatic rings. The monoisotopic (exact) mass is 555 g/mol. The number of β-amino-alcohol motifs (C(OH)–C–C–N with tert-alkyl or cyclic N) is 1. The van der Waals surface area contributed by atoms with E-state index in [1.807, 2.05) is 32.0 Å². The molecule has 0 aliphatic carbocycles. The van der Waals surface area contributed by atoms with Crippen LogP contribution in [0.1, 0.15) is 42.2 Å². The lowest BCUT2D eigenvalue weighted by molar-refractivity contribution is -0.133. The molecule has 2 N–H and O–H groups in total. The zero-order valence-corrected chi connectivity index (χ0v) is 23.1. The van der Waals surface area contributed by atoms with Gasteiger partial charge in [0.1, 0.15) is 11.4 Å². The molecule has 4 rings (SSSR count). The first-order valence-corrected chi connectivity index (χ1v) is 13.7. The van der Waals surface area contributed by atoms with Crippen LogP contribution in [0.5, 0.6) is 5.75 Å². The minimum Gasteiger partial charge on any atom is -0.483 e. The molecule has 3 heterocycles. The Kier molecular flexibility index (Phi) is 9.75. The Morgan fingerprint density at radius 1 is 1.02 bits per heavy atom. The normalized spacial score (nSPS) is 17.2. The highest BCUT2D eigenvalue weighted by molar-refractivity contribution is 5.98. The fraction of sp³-hybridized carbons (Fsp3) is 0.536. The van der Waals surface area contributed by atoms with E-state index < -0.39 is 12.0 Å². The number of rotatable bonds is 9. The van der Waals surface area contributed by atoms with Crippen LogP contribution in [0, 0.1) is 6.92 Å². The maximum absolute atomic E-state index is 13.0. The van der Waals surface area contributed by atoms with Crippen LogP contribution in [0.2, 0.25) is 0 Å². The van der Waals surface area contributed by atoms with Crippen molar-refractivity contribution in [3.05, 3.63) is 35.5 Å². The number of carbonyl (C=O) groups is 4. The van der Waals surface area contributed by atoms with Crippen LogP contribution in [0.4, 0.5) is 4.79 Å². The molecular formula is C28H37N5O7. The van der Waals surface area contributed by atoms with Crippen molar-refractivity contribution in [2.45, 2.75) is 39.2 Å². The molecule has 2 aliphatic rings. The van der Waals surface area contributed by atoms with Gasteiger partial charge in [0, 0.05) is 50.7 Å². The first-order chi connectivity index (χ1) is 19.2. The van der Waals surface area contributed by atoms with Crippen molar-refractivity contribution in [2.75, 3.05) is 59.0 Å². The second-order valence-corrected chi connectivity index (χ2v) is 10.1. The highest BCUT2D eigenvalue weighted by Crippen LogP contribution is 2.27. The van der Waals surface area contributed by atoms with Gasteiger partial charge in [-0.25, -0.2) is 9.78 Å². The van der Waals surface area contributed by atoms with E-state index in [4.69, 9.17) is 9.47 Å². The number of aromatic nitrogens is 1. The van der Waals surface area contributed by atoms with Gasteiger partial charge in [0.2, 0.25) is 5.91 Å². The van der Waals surface area contributed by atoms with Crippen LogP contribution in [0.25, 0.3) is 10.9 Å². The molecule has 1 atom stereocenters. The number of nitrogens with one attached hydrogen (secondary N) is 1. The first kappa shape index (κ1) is 29.1. The van der Waals surface area contributed by atoms with E-state index in [0.717, 1.165) is 18.4 Å². The fourth-order valence-corrected chi connectivity index (χ4v) is 4.63. The lowest BCUT2D eigenvalue weighted by Crippen LogP contribution is -2.52. The van der Waals surface area contributed by atoms with Crippen LogP contribution in [-0.2, 0) is 14.3 Å². The number of hydrogen-bond acceptors (Lipinski definition) is 8. The average molecular weight is 556 g/mol. The summed E-state index contributed by atoms with van der Waals surface area (Å²) in [5.41, 5.74) is 1.53. The number of likely N-dealkylation sites (tertiary alicyclic amines) is 1. The van der Waals surface area contributed by atoms with Gasteiger partial charge in [0.15, 0.2) is 6.61 Å². The molecule has 216 valence electrons. The van der Waals surface area contributed by atoms with Crippen molar-refractivity contribution < 1.29 is 33.8 Å². The van der Waals surface area contributed by atoms with E-state index in [1.165, 1.54) is 6.07 Å². The number of aliphatic hydroxyl groups excluding tert-OH is 1. The second kappa shape index (κ2) is 13.4. The number of unbranched alkanes of at least 4 members (excludes halogenated alkanes) is 1. The van der Waals surface area contributed by atoms with Crippen molar-refractivity contribution in [2.24, 2.45) is 0 Å². The third-order valence-electron chi connectivity index (χ3n) is 7.04. The number of benzene rings is 1. The lowest BCUT2D eigenvalue weighted by atomic mass is 10.1. The predicted octanol–water partition coefficient (Wildman–Crippen LogP) is 1.33. The Hall–Kier alpha value is -3.93. The van der Waals surface area contributed by atoms with Crippen molar-refractivity contribution in [1.82, 2.24) is 25.0 Å². The summed E-state index contributed by atoms with van der Waals surface area (Å²) in [6.45, 7) is 6.03. The van der Waals surface area contributed by atoms with Gasteiger partial charge in [-0.1, -0.05) is 19.4 Å². The summed E-state index contributed by atoms with van der Waals surface area (Å²) < 4.78 is 11.1. The number of hydrogen-bond donors (Lipinski definition) is 2. The summed E-state index contributed by atoms with van der Waals surface area (Å²) in [6, 6.07) is 6.99. The topological polar surface area (TPSA) is 142 Å². The number of fused-ring (bicyclic) bond motifs is 1. The number of pyridine rings is 1. The Bertz CT molecular complexity index is 1250. The molecule has 12 heteroatoms. The number of aryl methyl sites for hydroxylation is 1. The number of carbonyl (C=O) groups excluding carboxylic acids is 4. The summed E-state index contributed by atoms with van der Waals surface area (Å²) in [4.78, 5) is 59.6. The SMILES string of the molecule is CCCCOC(=O)N1CCN(C(=O)CNC(=O)c2cc(OCC(=O)N3CC[C@@H](O)C3)c3ccc(C)cc3n2)CC1. The van der Waals surface area contributed by atoms with Crippen molar-refractivity contribution in [3.8, 4) is 5.75 Å². The fourth-order valence-electron chi connectivity index (χ4n) is 4.63. The smallest absolute Gasteiger partial charge is 0.409 e. The van der Waals surface area contributed by atoms with E-state index in [9.17, 15) is 24.3 Å². The van der Waals surface area contributed by atoms with E-state index in [-0.39, 0.29) is 43.3 Å². The van der Waals surface area contributed by atoms with Crippen LogP contribution in [0.3, 0.4) is 0 Å². The summed E-state index contributed by atoms with van der Waals surface area (Å²) >= 11 is 0. The van der Waals surface area contributed by atoms with Gasteiger partial charge in [0.05, 0.1) is 24.8 Å². The molecule has 40 heavy (non-hydrogen) atoms. The third-order valence-corrected chi connectivity index (χ3v) is 7.04. The molecule has 2 saturated heterocycles. The maximum Gasteiger partial charge on any atom is 0.409 e. The van der Waals surface area contributed by atoms with Gasteiger partial charge >= 0.3 is 6.09 Å². The van der Waals surface area contributed by atoms with Crippen molar-refractivity contribution >= 4 is 34.7 Å². The minimum atomic E-state index is -0.547. The Balaban J connectivity index is 1.34. The zero-order valence-electron chi connectivity index (χ0n) is 23.1. The van der Waals surface area contributed by atoms with Gasteiger partial charge in [0.25, 0.3) is 11.8 Å². The molecule has 2 fully saturated rings. The van der Waals surface area contributed by atoms with E-state index >= 15 is 0 Å². The maximum atomic E-state index is 13.0. The van der Waals surface area contributed by atoms with Gasteiger partial charge in [-0.3, -0.25) is 14.4 Å². The van der Waals surface area contributed by atoms with Crippen molar-refractivity contribution in [1.29, 1.82) is 0 Å². The van der Waals surface area contributed by atoms with Crippen LogP contribution in [-0.4, -0.2) is 114 Å². The number of nitrogens with zero attached hydrogens (tertiary/aromatic N) is 4. The lowest BCUT2D eigenvalue weighted by Gasteiger charge is -2.34. The molecule has 0 radical (unpaired) electrons. The average Bonchev–Trinajstić information content (AvgIpc) is 3.40. The summed E-state index contributed by atoms with van der Waals surface area (Å²) in [5, 5.41) is 13.0. The standard InChI is InChI=1S/C28H37N5O7/c1-3-4-13-39-28(38)32-11-9-31(10-12-32)25(35)16-29-27(37)23-15-24(21-6-5-19(2)14-22(21)30-23)40-18-26(36)33-8-7-20(34)17-33/h5-6,14-15,20,34H,3-4,7-13,16-18H2,1-2H3,(H,29,37)/t20-/m1/s1. The first-order valence-electron chi connectivity index (χ1n) is 13.7. The minimum absolute atomic E-state index is 0.0598. The Morgan fingerprint density at radius 3 is 2.48 bits per heavy atom.